The highest BCUT2D eigenvalue weighted by Gasteiger charge is 2.26. The fourth-order valence-corrected chi connectivity index (χ4v) is 3.31. The molecule has 0 amide bonds. The number of nitrogens with zero attached hydrogens (tertiary/aromatic N) is 2. The fraction of sp³-hybridized carbons (Fsp3) is 0.737. The third-order valence-electron chi connectivity index (χ3n) is 4.79. The zero-order valence-electron chi connectivity index (χ0n) is 16.0. The normalized spacial score (nSPS) is 18.8. The van der Waals surface area contributed by atoms with Crippen molar-refractivity contribution in [3.8, 4) is 0 Å². The summed E-state index contributed by atoms with van der Waals surface area (Å²) in [4.78, 5) is 7.09. The van der Waals surface area contributed by atoms with Crippen LogP contribution in [0.25, 0.3) is 0 Å². The minimum Gasteiger partial charge on any atom is -0.469 e. The number of halogens is 3. The van der Waals surface area contributed by atoms with Crippen LogP contribution in [-0.2, 0) is 6.42 Å². The Bertz CT molecular complexity index is 546. The molecular formula is C19H31F3N4O. The molecule has 5 nitrogen and oxygen atoms in total. The van der Waals surface area contributed by atoms with Gasteiger partial charge in [-0.2, -0.15) is 13.2 Å². The molecule has 2 N–H and O–H groups in total. The van der Waals surface area contributed by atoms with E-state index in [4.69, 9.17) is 4.42 Å². The molecule has 0 aromatic carbocycles. The van der Waals surface area contributed by atoms with E-state index in [1.165, 1.54) is 6.42 Å². The summed E-state index contributed by atoms with van der Waals surface area (Å²) >= 11 is 0. The van der Waals surface area contributed by atoms with Gasteiger partial charge in [0.25, 0.3) is 0 Å². The van der Waals surface area contributed by atoms with Gasteiger partial charge >= 0.3 is 6.18 Å². The number of hydrogen-bond acceptors (Lipinski definition) is 3. The molecule has 1 aromatic rings. The van der Waals surface area contributed by atoms with Crippen molar-refractivity contribution in [2.45, 2.75) is 57.7 Å². The number of furan rings is 1. The predicted molar refractivity (Wildman–Crippen MR) is 101 cm³/mol. The Morgan fingerprint density at radius 3 is 2.81 bits per heavy atom. The molecule has 1 aliphatic heterocycles. The van der Waals surface area contributed by atoms with E-state index in [2.05, 4.69) is 27.4 Å². The molecule has 27 heavy (non-hydrogen) atoms. The maximum absolute atomic E-state index is 12.2. The SMILES string of the molecule is CCN1CCCC1CN=C(NCCCCC(F)(F)F)NCCc1ccco1. The minimum atomic E-state index is -4.08. The lowest BCUT2D eigenvalue weighted by molar-refractivity contribution is -0.135. The van der Waals surface area contributed by atoms with Gasteiger partial charge in [0.2, 0.25) is 0 Å². The van der Waals surface area contributed by atoms with E-state index < -0.39 is 12.6 Å². The lowest BCUT2D eigenvalue weighted by Crippen LogP contribution is -2.40. The zero-order valence-corrected chi connectivity index (χ0v) is 16.0. The molecule has 1 aromatic heterocycles. The summed E-state index contributed by atoms with van der Waals surface area (Å²) in [5.74, 6) is 1.55. The summed E-state index contributed by atoms with van der Waals surface area (Å²) in [5, 5.41) is 6.43. The number of alkyl halides is 3. The third kappa shape index (κ3) is 8.69. The summed E-state index contributed by atoms with van der Waals surface area (Å²) in [6.07, 6.45) is 0.480. The van der Waals surface area contributed by atoms with Crippen LogP contribution in [0.15, 0.2) is 27.8 Å². The maximum atomic E-state index is 12.2. The first-order chi connectivity index (χ1) is 13.0. The number of likely N-dealkylation sites (tertiary alicyclic amines) is 1. The van der Waals surface area contributed by atoms with Gasteiger partial charge < -0.3 is 15.1 Å². The van der Waals surface area contributed by atoms with Gasteiger partial charge in [0.05, 0.1) is 12.8 Å². The van der Waals surface area contributed by atoms with E-state index in [0.717, 1.165) is 31.7 Å². The van der Waals surface area contributed by atoms with E-state index in [9.17, 15) is 13.2 Å². The highest BCUT2D eigenvalue weighted by Crippen LogP contribution is 2.21. The highest BCUT2D eigenvalue weighted by atomic mass is 19.4. The molecule has 1 aliphatic rings. The lowest BCUT2D eigenvalue weighted by Gasteiger charge is -2.21. The molecule has 8 heteroatoms. The van der Waals surface area contributed by atoms with Gasteiger partial charge in [-0.05, 0) is 50.9 Å². The van der Waals surface area contributed by atoms with Gasteiger partial charge in [-0.25, -0.2) is 0 Å². The van der Waals surface area contributed by atoms with Crippen LogP contribution in [0.2, 0.25) is 0 Å². The van der Waals surface area contributed by atoms with Gasteiger partial charge in [0.15, 0.2) is 5.96 Å². The summed E-state index contributed by atoms with van der Waals surface area (Å²) in [7, 11) is 0. The first-order valence-electron chi connectivity index (χ1n) is 9.83. The zero-order chi connectivity index (χ0) is 19.5. The van der Waals surface area contributed by atoms with E-state index in [0.29, 0.717) is 38.1 Å². The molecule has 0 saturated carbocycles. The van der Waals surface area contributed by atoms with Crippen LogP contribution >= 0.6 is 0 Å². The van der Waals surface area contributed by atoms with Crippen LogP contribution in [0.3, 0.4) is 0 Å². The van der Waals surface area contributed by atoms with Gasteiger partial charge in [0, 0.05) is 32.0 Å². The molecule has 1 saturated heterocycles. The van der Waals surface area contributed by atoms with E-state index in [-0.39, 0.29) is 6.42 Å². The van der Waals surface area contributed by atoms with Crippen LogP contribution < -0.4 is 10.6 Å². The first kappa shape index (κ1) is 21.6. The minimum absolute atomic E-state index is 0.127. The number of guanidine groups is 1. The second-order valence-electron chi connectivity index (χ2n) is 6.87. The Kier molecular flexibility index (Phi) is 8.97. The van der Waals surface area contributed by atoms with Crippen LogP contribution in [0, 0.1) is 0 Å². The standard InChI is InChI=1S/C19H31F3N4O/c1-2-26-13-5-7-16(26)15-25-18(23-11-4-3-10-19(20,21)22)24-12-9-17-8-6-14-27-17/h6,8,14,16H,2-5,7,9-13,15H2,1H3,(H2,23,24,25). The Balaban J connectivity index is 1.78. The molecule has 1 unspecified atom stereocenters. The van der Waals surface area contributed by atoms with Crippen molar-refractivity contribution in [2.75, 3.05) is 32.7 Å². The number of hydrogen-bond donors (Lipinski definition) is 2. The van der Waals surface area contributed by atoms with Crippen molar-refractivity contribution in [1.29, 1.82) is 0 Å². The monoisotopic (exact) mass is 388 g/mol. The van der Waals surface area contributed by atoms with Gasteiger partial charge in [-0.1, -0.05) is 6.92 Å². The van der Waals surface area contributed by atoms with E-state index in [1.807, 2.05) is 12.1 Å². The van der Waals surface area contributed by atoms with Crippen LogP contribution in [0.1, 0.15) is 44.8 Å². The topological polar surface area (TPSA) is 52.8 Å². The summed E-state index contributed by atoms with van der Waals surface area (Å²) < 4.78 is 42.0. The van der Waals surface area contributed by atoms with E-state index in [1.54, 1.807) is 6.26 Å². The molecule has 2 heterocycles. The van der Waals surface area contributed by atoms with Gasteiger partial charge in [-0.15, -0.1) is 0 Å². The fourth-order valence-electron chi connectivity index (χ4n) is 3.31. The van der Waals surface area contributed by atoms with Crippen molar-refractivity contribution in [3.05, 3.63) is 24.2 Å². The molecular weight excluding hydrogens is 357 g/mol. The Morgan fingerprint density at radius 1 is 1.30 bits per heavy atom. The average molecular weight is 388 g/mol. The molecule has 154 valence electrons. The van der Waals surface area contributed by atoms with Crippen LogP contribution in [0.4, 0.5) is 13.2 Å². The predicted octanol–water partition coefficient (Wildman–Crippen LogP) is 3.57. The molecule has 1 fully saturated rings. The first-order valence-corrected chi connectivity index (χ1v) is 9.83. The van der Waals surface area contributed by atoms with Crippen molar-refractivity contribution in [2.24, 2.45) is 4.99 Å². The molecule has 0 aliphatic carbocycles. The largest absolute Gasteiger partial charge is 0.469 e. The second kappa shape index (κ2) is 11.2. The van der Waals surface area contributed by atoms with E-state index >= 15 is 0 Å². The van der Waals surface area contributed by atoms with Crippen molar-refractivity contribution in [1.82, 2.24) is 15.5 Å². The summed E-state index contributed by atoms with van der Waals surface area (Å²) in [5.41, 5.74) is 0. The highest BCUT2D eigenvalue weighted by molar-refractivity contribution is 5.79. The summed E-state index contributed by atoms with van der Waals surface area (Å²) in [6.45, 7) is 6.12. The molecule has 0 bridgehead atoms. The molecule has 0 radical (unpaired) electrons. The quantitative estimate of drug-likeness (QED) is 0.366. The maximum Gasteiger partial charge on any atom is 0.389 e. The smallest absolute Gasteiger partial charge is 0.389 e. The lowest BCUT2D eigenvalue weighted by atomic mass is 10.2. The average Bonchev–Trinajstić information content (AvgIpc) is 3.29. The number of unbranched alkanes of at least 4 members (excludes halogenated alkanes) is 1. The summed E-state index contributed by atoms with van der Waals surface area (Å²) in [6, 6.07) is 4.22. The van der Waals surface area contributed by atoms with Crippen LogP contribution in [-0.4, -0.2) is 55.8 Å². The van der Waals surface area contributed by atoms with Crippen molar-refractivity contribution < 1.29 is 17.6 Å². The second-order valence-corrected chi connectivity index (χ2v) is 6.87. The Hall–Kier alpha value is -1.70. The van der Waals surface area contributed by atoms with Gasteiger partial charge in [-0.3, -0.25) is 9.89 Å². The van der Waals surface area contributed by atoms with Gasteiger partial charge in [0.1, 0.15) is 5.76 Å². The number of rotatable bonds is 10. The molecule has 2 rings (SSSR count). The number of nitrogens with one attached hydrogen (secondary N) is 2. The molecule has 1 atom stereocenters. The van der Waals surface area contributed by atoms with Crippen molar-refractivity contribution in [3.63, 3.8) is 0 Å². The van der Waals surface area contributed by atoms with Crippen molar-refractivity contribution >= 4 is 5.96 Å². The van der Waals surface area contributed by atoms with Crippen LogP contribution in [0.5, 0.6) is 0 Å². The Morgan fingerprint density at radius 2 is 2.11 bits per heavy atom. The number of likely N-dealkylation sites (N-methyl/N-ethyl adjacent to an activating group) is 1. The Labute approximate surface area is 159 Å². The number of aliphatic imine (C=N–C) groups is 1. The molecule has 0 spiro atoms. The third-order valence-corrected chi connectivity index (χ3v) is 4.79.